The van der Waals surface area contributed by atoms with Crippen LogP contribution in [0.2, 0.25) is 0 Å². The molecule has 1 unspecified atom stereocenters. The van der Waals surface area contributed by atoms with E-state index in [0.717, 1.165) is 34.8 Å². The van der Waals surface area contributed by atoms with Crippen molar-refractivity contribution in [3.05, 3.63) is 77.0 Å². The molecule has 3 amide bonds. The highest BCUT2D eigenvalue weighted by Crippen LogP contribution is 2.31. The first-order chi connectivity index (χ1) is 19.3. The van der Waals surface area contributed by atoms with Crippen LogP contribution in [0.3, 0.4) is 0 Å². The summed E-state index contributed by atoms with van der Waals surface area (Å²) in [6.45, 7) is 6.12. The molecule has 9 nitrogen and oxygen atoms in total. The number of carbonyl (C=O) groups is 3. The molecule has 0 saturated carbocycles. The van der Waals surface area contributed by atoms with Crippen molar-refractivity contribution >= 4 is 46.0 Å². The molecule has 2 aromatic carbocycles. The van der Waals surface area contributed by atoms with Gasteiger partial charge in [-0.25, -0.2) is 4.98 Å². The number of aromatic nitrogens is 1. The fourth-order valence-electron chi connectivity index (χ4n) is 4.88. The van der Waals surface area contributed by atoms with Crippen molar-refractivity contribution in [3.8, 4) is 0 Å². The lowest BCUT2D eigenvalue weighted by atomic mass is 10.1. The van der Waals surface area contributed by atoms with Crippen molar-refractivity contribution in [2.24, 2.45) is 0 Å². The van der Waals surface area contributed by atoms with Gasteiger partial charge >= 0.3 is 0 Å². The molecule has 2 saturated heterocycles. The fraction of sp³-hybridized carbons (Fsp3) is 0.379. The van der Waals surface area contributed by atoms with Crippen LogP contribution < -0.4 is 5.32 Å². The maximum absolute atomic E-state index is 13.0. The molecule has 0 radical (unpaired) electrons. The number of nitrogens with one attached hydrogen (secondary N) is 1. The SMILES string of the molecule is CC(=O)N1CCN(C(=O)c2cccc(CSc3cnc(NC(=O)c4ccc(CN5CCC(O)C5)cc4)s3)c2)CC1. The number of β-amino-alcohol motifs (C(OH)–C–C–N with tert-alkyl or cyclic N) is 1. The first kappa shape index (κ1) is 28.3. The number of aliphatic hydroxyl groups is 1. The first-order valence-electron chi connectivity index (χ1n) is 13.4. The van der Waals surface area contributed by atoms with Crippen molar-refractivity contribution in [3.63, 3.8) is 0 Å². The number of piperazine rings is 1. The average Bonchev–Trinajstić information content (AvgIpc) is 3.60. The van der Waals surface area contributed by atoms with Crippen molar-refractivity contribution in [1.82, 2.24) is 19.7 Å². The maximum atomic E-state index is 13.0. The van der Waals surface area contributed by atoms with Gasteiger partial charge in [0.2, 0.25) is 5.91 Å². The average molecular weight is 580 g/mol. The highest BCUT2D eigenvalue weighted by molar-refractivity contribution is 8.00. The Hall–Kier alpha value is -3.25. The molecule has 2 aliphatic heterocycles. The zero-order valence-electron chi connectivity index (χ0n) is 22.4. The van der Waals surface area contributed by atoms with Crippen LogP contribution in [0, 0.1) is 0 Å². The zero-order valence-corrected chi connectivity index (χ0v) is 24.0. The van der Waals surface area contributed by atoms with E-state index in [0.29, 0.717) is 54.7 Å². The van der Waals surface area contributed by atoms with Crippen LogP contribution in [-0.4, -0.2) is 87.9 Å². The Bertz CT molecular complexity index is 1350. The number of hydrogen-bond donors (Lipinski definition) is 2. The van der Waals surface area contributed by atoms with Crippen LogP contribution in [0.1, 0.15) is 45.2 Å². The Morgan fingerprint density at radius 3 is 2.45 bits per heavy atom. The number of anilines is 1. The maximum Gasteiger partial charge on any atom is 0.257 e. The van der Waals surface area contributed by atoms with Crippen molar-refractivity contribution in [2.45, 2.75) is 36.0 Å². The van der Waals surface area contributed by atoms with E-state index in [2.05, 4.69) is 15.2 Å². The van der Waals surface area contributed by atoms with Crippen molar-refractivity contribution in [2.75, 3.05) is 44.6 Å². The Morgan fingerprint density at radius 1 is 1.00 bits per heavy atom. The normalized spacial score (nSPS) is 17.7. The predicted molar refractivity (Wildman–Crippen MR) is 157 cm³/mol. The summed E-state index contributed by atoms with van der Waals surface area (Å²) >= 11 is 3.02. The smallest absolute Gasteiger partial charge is 0.257 e. The molecule has 210 valence electrons. The van der Waals surface area contributed by atoms with Gasteiger partial charge in [0.05, 0.1) is 16.5 Å². The Kier molecular flexibility index (Phi) is 9.15. The zero-order chi connectivity index (χ0) is 28.1. The quantitative estimate of drug-likeness (QED) is 0.393. The summed E-state index contributed by atoms with van der Waals surface area (Å²) in [5.41, 5.74) is 3.36. The van der Waals surface area contributed by atoms with Crippen LogP contribution >= 0.6 is 23.1 Å². The topological polar surface area (TPSA) is 106 Å². The van der Waals surface area contributed by atoms with E-state index in [1.54, 1.807) is 34.7 Å². The van der Waals surface area contributed by atoms with Gasteiger partial charge in [0.15, 0.2) is 5.13 Å². The van der Waals surface area contributed by atoms with E-state index in [1.165, 1.54) is 11.3 Å². The summed E-state index contributed by atoms with van der Waals surface area (Å²) in [4.78, 5) is 47.4. The molecular weight excluding hydrogens is 546 g/mol. The number of hydrogen-bond acceptors (Lipinski definition) is 8. The van der Waals surface area contributed by atoms with Gasteiger partial charge in [0, 0.05) is 69.6 Å². The van der Waals surface area contributed by atoms with E-state index in [1.807, 2.05) is 48.5 Å². The lowest BCUT2D eigenvalue weighted by Crippen LogP contribution is -2.50. The second kappa shape index (κ2) is 12.9. The number of carbonyl (C=O) groups excluding carboxylic acids is 3. The lowest BCUT2D eigenvalue weighted by Gasteiger charge is -2.34. The van der Waals surface area contributed by atoms with Gasteiger partial charge in [0.1, 0.15) is 0 Å². The Labute approximate surface area is 242 Å². The molecule has 2 N–H and O–H groups in total. The van der Waals surface area contributed by atoms with E-state index in [9.17, 15) is 19.5 Å². The third kappa shape index (κ3) is 7.28. The standard InChI is InChI=1S/C29H33N5O4S2/c1-20(35)33-11-13-34(14-12-33)28(38)24-4-2-3-22(15-24)19-39-26-16-30-29(40-26)31-27(37)23-7-5-21(6-8-23)17-32-10-9-25(36)18-32/h2-8,15-16,25,36H,9-14,17-19H2,1H3,(H,30,31,37). The third-order valence-electron chi connectivity index (χ3n) is 7.14. The molecule has 0 aliphatic carbocycles. The minimum absolute atomic E-state index is 0.0132. The molecule has 11 heteroatoms. The van der Waals surface area contributed by atoms with Crippen LogP contribution in [0.5, 0.6) is 0 Å². The molecule has 5 rings (SSSR count). The molecule has 2 aliphatic rings. The van der Waals surface area contributed by atoms with Crippen LogP contribution in [0.15, 0.2) is 58.9 Å². The number of thioether (sulfide) groups is 1. The van der Waals surface area contributed by atoms with Crippen LogP contribution in [-0.2, 0) is 17.1 Å². The second-order valence-corrected chi connectivity index (χ2v) is 12.4. The van der Waals surface area contributed by atoms with Crippen molar-refractivity contribution < 1.29 is 19.5 Å². The number of nitrogens with zero attached hydrogens (tertiary/aromatic N) is 4. The van der Waals surface area contributed by atoms with Gasteiger partial charge in [-0.15, -0.1) is 11.8 Å². The monoisotopic (exact) mass is 579 g/mol. The number of thiazole rings is 1. The van der Waals surface area contributed by atoms with E-state index in [4.69, 9.17) is 0 Å². The summed E-state index contributed by atoms with van der Waals surface area (Å²) in [5, 5.41) is 13.1. The molecular formula is C29H33N5O4S2. The largest absolute Gasteiger partial charge is 0.392 e. The Balaban J connectivity index is 1.10. The number of benzene rings is 2. The molecule has 1 atom stereocenters. The Morgan fingerprint density at radius 2 is 1.75 bits per heavy atom. The first-order valence-corrected chi connectivity index (χ1v) is 15.2. The molecule has 0 spiro atoms. The highest BCUT2D eigenvalue weighted by Gasteiger charge is 2.23. The minimum atomic E-state index is -0.243. The summed E-state index contributed by atoms with van der Waals surface area (Å²) < 4.78 is 0.968. The summed E-state index contributed by atoms with van der Waals surface area (Å²) in [6, 6.07) is 15.2. The summed E-state index contributed by atoms with van der Waals surface area (Å²) in [5.74, 6) is 0.497. The molecule has 1 aromatic heterocycles. The van der Waals surface area contributed by atoms with Gasteiger partial charge in [-0.05, 0) is 41.8 Å². The van der Waals surface area contributed by atoms with E-state index < -0.39 is 0 Å². The molecule has 40 heavy (non-hydrogen) atoms. The van der Waals surface area contributed by atoms with Crippen molar-refractivity contribution in [1.29, 1.82) is 0 Å². The van der Waals surface area contributed by atoms with Gasteiger partial charge < -0.3 is 14.9 Å². The van der Waals surface area contributed by atoms with Gasteiger partial charge in [0.25, 0.3) is 11.8 Å². The number of aliphatic hydroxyl groups excluding tert-OH is 1. The third-order valence-corrected chi connectivity index (χ3v) is 9.32. The number of rotatable bonds is 8. The van der Waals surface area contributed by atoms with E-state index >= 15 is 0 Å². The molecule has 3 heterocycles. The highest BCUT2D eigenvalue weighted by atomic mass is 32.2. The van der Waals surface area contributed by atoms with E-state index in [-0.39, 0.29) is 23.8 Å². The molecule has 2 fully saturated rings. The lowest BCUT2D eigenvalue weighted by molar-refractivity contribution is -0.130. The van der Waals surface area contributed by atoms with Gasteiger partial charge in [-0.1, -0.05) is 35.6 Å². The number of amides is 3. The number of likely N-dealkylation sites (tertiary alicyclic amines) is 1. The van der Waals surface area contributed by atoms with Crippen LogP contribution in [0.25, 0.3) is 0 Å². The second-order valence-electron chi connectivity index (χ2n) is 10.1. The summed E-state index contributed by atoms with van der Waals surface area (Å²) in [7, 11) is 0. The summed E-state index contributed by atoms with van der Waals surface area (Å²) in [6.07, 6.45) is 2.32. The minimum Gasteiger partial charge on any atom is -0.392 e. The predicted octanol–water partition coefficient (Wildman–Crippen LogP) is 3.56. The van der Waals surface area contributed by atoms with Gasteiger partial charge in [-0.2, -0.15) is 0 Å². The fourth-order valence-corrected chi connectivity index (χ4v) is 6.69. The molecule has 3 aromatic rings. The molecule has 0 bridgehead atoms. The van der Waals surface area contributed by atoms with Gasteiger partial charge in [-0.3, -0.25) is 24.6 Å². The van der Waals surface area contributed by atoms with Crippen LogP contribution in [0.4, 0.5) is 5.13 Å².